The van der Waals surface area contributed by atoms with Crippen molar-refractivity contribution in [2.75, 3.05) is 27.4 Å². The molecule has 1 aliphatic rings. The van der Waals surface area contributed by atoms with Crippen LogP contribution in [0.25, 0.3) is 0 Å². The predicted molar refractivity (Wildman–Crippen MR) is 76.2 cm³/mol. The van der Waals surface area contributed by atoms with Crippen LogP contribution in [0.1, 0.15) is 17.5 Å². The summed E-state index contributed by atoms with van der Waals surface area (Å²) in [5, 5.41) is 11.8. The molecule has 1 unspecified atom stereocenters. The Bertz CT molecular complexity index is 485. The van der Waals surface area contributed by atoms with Crippen LogP contribution in [-0.2, 0) is 11.3 Å². The van der Waals surface area contributed by atoms with Crippen molar-refractivity contribution < 1.29 is 14.7 Å². The minimum absolute atomic E-state index is 0.0472. The highest BCUT2D eigenvalue weighted by atomic mass is 16.5. The lowest BCUT2D eigenvalue weighted by Crippen LogP contribution is -2.31. The SMILES string of the molecule is COc1cc(CN(C)C2CCOC2)ccc1/C(N)=N/O. The van der Waals surface area contributed by atoms with Gasteiger partial charge in [0.05, 0.1) is 19.3 Å². The van der Waals surface area contributed by atoms with Gasteiger partial charge in [-0.15, -0.1) is 0 Å². The first-order valence-corrected chi connectivity index (χ1v) is 6.58. The Hall–Kier alpha value is -1.79. The minimum atomic E-state index is 0.0472. The lowest BCUT2D eigenvalue weighted by atomic mass is 10.1. The predicted octanol–water partition coefficient (Wildman–Crippen LogP) is 1.01. The maximum Gasteiger partial charge on any atom is 0.173 e. The number of hydrogen-bond acceptors (Lipinski definition) is 5. The van der Waals surface area contributed by atoms with Crippen LogP contribution in [0.4, 0.5) is 0 Å². The van der Waals surface area contributed by atoms with E-state index in [1.807, 2.05) is 18.2 Å². The van der Waals surface area contributed by atoms with E-state index in [0.717, 1.165) is 31.7 Å². The molecule has 0 radical (unpaired) electrons. The second-order valence-electron chi connectivity index (χ2n) is 4.95. The Morgan fingerprint density at radius 2 is 2.40 bits per heavy atom. The van der Waals surface area contributed by atoms with Crippen LogP contribution in [0.2, 0.25) is 0 Å². The van der Waals surface area contributed by atoms with Gasteiger partial charge in [-0.3, -0.25) is 4.90 Å². The molecule has 110 valence electrons. The van der Waals surface area contributed by atoms with Gasteiger partial charge in [-0.2, -0.15) is 0 Å². The summed E-state index contributed by atoms with van der Waals surface area (Å²) in [4.78, 5) is 2.27. The fourth-order valence-electron chi connectivity index (χ4n) is 2.39. The standard InChI is InChI=1S/C14H21N3O3/c1-17(11-5-6-20-9-11)8-10-3-4-12(14(15)16-18)13(7-10)19-2/h3-4,7,11,18H,5-6,8-9H2,1-2H3,(H2,15,16). The maximum absolute atomic E-state index is 8.75. The van der Waals surface area contributed by atoms with E-state index in [9.17, 15) is 0 Å². The van der Waals surface area contributed by atoms with Crippen LogP contribution >= 0.6 is 0 Å². The molecular formula is C14H21N3O3. The monoisotopic (exact) mass is 279 g/mol. The molecule has 1 atom stereocenters. The maximum atomic E-state index is 8.75. The second-order valence-corrected chi connectivity index (χ2v) is 4.95. The number of ether oxygens (including phenoxy) is 2. The summed E-state index contributed by atoms with van der Waals surface area (Å²) in [6, 6.07) is 6.15. The van der Waals surface area contributed by atoms with Crippen LogP contribution in [0.15, 0.2) is 23.4 Å². The Kier molecular flexibility index (Phi) is 4.81. The smallest absolute Gasteiger partial charge is 0.173 e. The van der Waals surface area contributed by atoms with Crippen molar-refractivity contribution >= 4 is 5.84 Å². The van der Waals surface area contributed by atoms with Crippen molar-refractivity contribution in [1.29, 1.82) is 0 Å². The Morgan fingerprint density at radius 3 is 3.00 bits per heavy atom. The number of hydrogen-bond donors (Lipinski definition) is 2. The average molecular weight is 279 g/mol. The van der Waals surface area contributed by atoms with Gasteiger partial charge in [-0.05, 0) is 31.2 Å². The first-order chi connectivity index (χ1) is 9.65. The summed E-state index contributed by atoms with van der Waals surface area (Å²) in [7, 11) is 3.66. The van der Waals surface area contributed by atoms with Crippen LogP contribution in [0, 0.1) is 0 Å². The van der Waals surface area contributed by atoms with Crippen LogP contribution in [0.3, 0.4) is 0 Å². The number of likely N-dealkylation sites (N-methyl/N-ethyl adjacent to an activating group) is 1. The summed E-state index contributed by atoms with van der Waals surface area (Å²) in [5.41, 5.74) is 7.32. The molecular weight excluding hydrogens is 258 g/mol. The van der Waals surface area contributed by atoms with E-state index in [-0.39, 0.29) is 5.84 Å². The van der Waals surface area contributed by atoms with Crippen molar-refractivity contribution in [1.82, 2.24) is 4.90 Å². The fourth-order valence-corrected chi connectivity index (χ4v) is 2.39. The molecule has 6 heteroatoms. The first kappa shape index (κ1) is 14.6. The molecule has 6 nitrogen and oxygen atoms in total. The quantitative estimate of drug-likeness (QED) is 0.364. The Balaban J connectivity index is 2.12. The van der Waals surface area contributed by atoms with Gasteiger partial charge in [-0.1, -0.05) is 11.2 Å². The number of nitrogens with zero attached hydrogens (tertiary/aromatic N) is 2. The number of benzene rings is 1. The van der Waals surface area contributed by atoms with E-state index in [2.05, 4.69) is 17.1 Å². The van der Waals surface area contributed by atoms with Crippen molar-refractivity contribution in [2.24, 2.45) is 10.9 Å². The molecule has 0 saturated carbocycles. The van der Waals surface area contributed by atoms with Crippen molar-refractivity contribution in [3.63, 3.8) is 0 Å². The zero-order valence-electron chi connectivity index (χ0n) is 11.9. The zero-order valence-corrected chi connectivity index (χ0v) is 11.9. The molecule has 1 aliphatic heterocycles. The summed E-state index contributed by atoms with van der Waals surface area (Å²) in [6.45, 7) is 2.43. The molecule has 20 heavy (non-hydrogen) atoms. The van der Waals surface area contributed by atoms with Crippen molar-refractivity contribution in [2.45, 2.75) is 19.0 Å². The summed E-state index contributed by atoms with van der Waals surface area (Å²) >= 11 is 0. The first-order valence-electron chi connectivity index (χ1n) is 6.58. The molecule has 0 amide bonds. The topological polar surface area (TPSA) is 80.3 Å². The molecule has 1 saturated heterocycles. The Labute approximate surface area is 118 Å². The number of nitrogens with two attached hydrogens (primary N) is 1. The van der Waals surface area contributed by atoms with Gasteiger partial charge < -0.3 is 20.4 Å². The normalized spacial score (nSPS) is 19.6. The van der Waals surface area contributed by atoms with E-state index in [1.54, 1.807) is 7.11 Å². The van der Waals surface area contributed by atoms with Gasteiger partial charge in [0.15, 0.2) is 5.84 Å². The van der Waals surface area contributed by atoms with Gasteiger partial charge in [0.1, 0.15) is 5.75 Å². The molecule has 2 rings (SSSR count). The second kappa shape index (κ2) is 6.58. The highest BCUT2D eigenvalue weighted by Crippen LogP contribution is 2.22. The minimum Gasteiger partial charge on any atom is -0.496 e. The van der Waals surface area contributed by atoms with Gasteiger partial charge in [0, 0.05) is 19.2 Å². The third-order valence-corrected chi connectivity index (χ3v) is 3.61. The lowest BCUT2D eigenvalue weighted by molar-refractivity contribution is 0.156. The van der Waals surface area contributed by atoms with Gasteiger partial charge in [0.2, 0.25) is 0 Å². The van der Waals surface area contributed by atoms with Crippen molar-refractivity contribution in [3.05, 3.63) is 29.3 Å². The number of amidine groups is 1. The molecule has 1 aromatic rings. The summed E-state index contributed by atoms with van der Waals surface area (Å²) in [5.74, 6) is 0.653. The summed E-state index contributed by atoms with van der Waals surface area (Å²) in [6.07, 6.45) is 1.07. The van der Waals surface area contributed by atoms with Crippen molar-refractivity contribution in [3.8, 4) is 5.75 Å². The third-order valence-electron chi connectivity index (χ3n) is 3.61. The number of rotatable bonds is 5. The van der Waals surface area contributed by atoms with E-state index < -0.39 is 0 Å². The van der Waals surface area contributed by atoms with Gasteiger partial charge >= 0.3 is 0 Å². The van der Waals surface area contributed by atoms with E-state index in [4.69, 9.17) is 20.4 Å². The molecule has 1 aromatic carbocycles. The fraction of sp³-hybridized carbons (Fsp3) is 0.500. The van der Waals surface area contributed by atoms with Gasteiger partial charge in [0.25, 0.3) is 0 Å². The molecule has 0 aliphatic carbocycles. The van der Waals surface area contributed by atoms with Crippen LogP contribution in [0.5, 0.6) is 5.75 Å². The molecule has 0 bridgehead atoms. The van der Waals surface area contributed by atoms with Crippen LogP contribution < -0.4 is 10.5 Å². The highest BCUT2D eigenvalue weighted by Gasteiger charge is 2.20. The largest absolute Gasteiger partial charge is 0.496 e. The van der Waals surface area contributed by atoms with Gasteiger partial charge in [-0.25, -0.2) is 0 Å². The van der Waals surface area contributed by atoms with E-state index in [0.29, 0.717) is 17.4 Å². The Morgan fingerprint density at radius 1 is 1.60 bits per heavy atom. The number of oxime groups is 1. The van der Waals surface area contributed by atoms with E-state index >= 15 is 0 Å². The molecule has 0 spiro atoms. The molecule has 0 aromatic heterocycles. The highest BCUT2D eigenvalue weighted by molar-refractivity contribution is 5.99. The molecule has 1 heterocycles. The molecule has 1 fully saturated rings. The van der Waals surface area contributed by atoms with E-state index in [1.165, 1.54) is 0 Å². The lowest BCUT2D eigenvalue weighted by Gasteiger charge is -2.23. The zero-order chi connectivity index (χ0) is 14.5. The summed E-state index contributed by atoms with van der Waals surface area (Å²) < 4.78 is 10.7. The molecule has 3 N–H and O–H groups in total. The number of methoxy groups -OCH3 is 1. The average Bonchev–Trinajstić information content (AvgIpc) is 3.00. The van der Waals surface area contributed by atoms with Crippen LogP contribution in [-0.4, -0.2) is 49.4 Å². The third kappa shape index (κ3) is 3.20.